The third-order valence-corrected chi connectivity index (χ3v) is 2.85. The molecule has 0 saturated heterocycles. The van der Waals surface area contributed by atoms with Gasteiger partial charge in [-0.05, 0) is 30.2 Å². The fourth-order valence-electron chi connectivity index (χ4n) is 1.84. The second-order valence-corrected chi connectivity index (χ2v) is 5.21. The van der Waals surface area contributed by atoms with Crippen molar-refractivity contribution < 1.29 is 13.9 Å². The Hall–Kier alpha value is -2.14. The minimum absolute atomic E-state index is 0.197. The maximum atomic E-state index is 12.2. The van der Waals surface area contributed by atoms with E-state index in [1.807, 2.05) is 6.07 Å². The second-order valence-electron chi connectivity index (χ2n) is 5.21. The molecule has 0 aliphatic rings. The molecule has 2 aromatic heterocycles. The number of rotatable bonds is 7. The molecule has 0 fully saturated rings. The zero-order valence-corrected chi connectivity index (χ0v) is 12.3. The summed E-state index contributed by atoms with van der Waals surface area (Å²) in [7, 11) is 0. The van der Waals surface area contributed by atoms with Crippen LogP contribution in [0.5, 0.6) is 0 Å². The van der Waals surface area contributed by atoms with Crippen LogP contribution in [-0.4, -0.2) is 24.1 Å². The summed E-state index contributed by atoms with van der Waals surface area (Å²) in [5, 5.41) is 2.91. The molecule has 0 aromatic carbocycles. The van der Waals surface area contributed by atoms with Gasteiger partial charge in [0.25, 0.3) is 5.91 Å². The number of furan rings is 1. The van der Waals surface area contributed by atoms with Crippen LogP contribution in [0.1, 0.15) is 36.0 Å². The van der Waals surface area contributed by atoms with Gasteiger partial charge in [-0.3, -0.25) is 9.78 Å². The summed E-state index contributed by atoms with van der Waals surface area (Å²) in [6.07, 6.45) is 4.75. The van der Waals surface area contributed by atoms with Gasteiger partial charge in [-0.15, -0.1) is 0 Å². The SMILES string of the molecule is CC(C)COCC(NC(=O)c1cccnc1)c1ccco1. The summed E-state index contributed by atoms with van der Waals surface area (Å²) in [6, 6.07) is 6.75. The van der Waals surface area contributed by atoms with Crippen LogP contribution in [0.3, 0.4) is 0 Å². The van der Waals surface area contributed by atoms with E-state index in [1.54, 1.807) is 30.7 Å². The van der Waals surface area contributed by atoms with Crippen LogP contribution in [0.2, 0.25) is 0 Å². The molecule has 5 heteroatoms. The standard InChI is InChI=1S/C16H20N2O3/c1-12(2)10-20-11-14(15-6-4-8-21-15)18-16(19)13-5-3-7-17-9-13/h3-9,12,14H,10-11H2,1-2H3,(H,18,19). The van der Waals surface area contributed by atoms with Gasteiger partial charge in [-0.2, -0.15) is 0 Å². The van der Waals surface area contributed by atoms with Crippen LogP contribution in [0.25, 0.3) is 0 Å². The van der Waals surface area contributed by atoms with Gasteiger partial charge in [0.15, 0.2) is 0 Å². The van der Waals surface area contributed by atoms with Crippen molar-refractivity contribution in [1.82, 2.24) is 10.3 Å². The van der Waals surface area contributed by atoms with E-state index in [9.17, 15) is 4.79 Å². The Morgan fingerprint density at radius 2 is 2.19 bits per heavy atom. The van der Waals surface area contributed by atoms with Crippen LogP contribution in [-0.2, 0) is 4.74 Å². The Labute approximate surface area is 124 Å². The molecular weight excluding hydrogens is 268 g/mol. The van der Waals surface area contributed by atoms with Gasteiger partial charge < -0.3 is 14.5 Å². The first-order valence-corrected chi connectivity index (χ1v) is 6.99. The highest BCUT2D eigenvalue weighted by Crippen LogP contribution is 2.15. The molecule has 1 atom stereocenters. The zero-order chi connectivity index (χ0) is 15.1. The summed E-state index contributed by atoms with van der Waals surface area (Å²) in [6.45, 7) is 5.17. The second kappa shape index (κ2) is 7.59. The maximum absolute atomic E-state index is 12.2. The number of carbonyl (C=O) groups excluding carboxylic acids is 1. The van der Waals surface area contributed by atoms with E-state index >= 15 is 0 Å². The number of amides is 1. The fraction of sp³-hybridized carbons (Fsp3) is 0.375. The van der Waals surface area contributed by atoms with Gasteiger partial charge >= 0.3 is 0 Å². The van der Waals surface area contributed by atoms with Crippen molar-refractivity contribution in [3.05, 3.63) is 54.2 Å². The molecule has 21 heavy (non-hydrogen) atoms. The van der Waals surface area contributed by atoms with Gasteiger partial charge in [0.05, 0.1) is 18.4 Å². The van der Waals surface area contributed by atoms with Crippen LogP contribution in [0.15, 0.2) is 47.3 Å². The number of hydrogen-bond acceptors (Lipinski definition) is 4. The number of nitrogens with zero attached hydrogens (tertiary/aromatic N) is 1. The Morgan fingerprint density at radius 1 is 1.33 bits per heavy atom. The molecule has 1 unspecified atom stereocenters. The monoisotopic (exact) mass is 288 g/mol. The van der Waals surface area contributed by atoms with Crippen molar-refractivity contribution in [2.24, 2.45) is 5.92 Å². The molecule has 0 radical (unpaired) electrons. The zero-order valence-electron chi connectivity index (χ0n) is 12.3. The van der Waals surface area contributed by atoms with Gasteiger partial charge in [-0.1, -0.05) is 13.8 Å². The molecule has 1 amide bonds. The average Bonchev–Trinajstić information content (AvgIpc) is 3.01. The Balaban J connectivity index is 2.00. The average molecular weight is 288 g/mol. The van der Waals surface area contributed by atoms with Gasteiger partial charge in [0.1, 0.15) is 11.8 Å². The normalized spacial score (nSPS) is 12.3. The number of carbonyl (C=O) groups is 1. The molecule has 1 N–H and O–H groups in total. The fourth-order valence-corrected chi connectivity index (χ4v) is 1.84. The molecule has 0 aliphatic carbocycles. The first-order chi connectivity index (χ1) is 10.2. The van der Waals surface area contributed by atoms with E-state index in [4.69, 9.17) is 9.15 Å². The molecule has 0 saturated carbocycles. The molecule has 0 aliphatic heterocycles. The Morgan fingerprint density at radius 3 is 2.81 bits per heavy atom. The van der Waals surface area contributed by atoms with Gasteiger partial charge in [0, 0.05) is 19.0 Å². The third kappa shape index (κ3) is 4.72. The molecule has 2 heterocycles. The lowest BCUT2D eigenvalue weighted by molar-refractivity contribution is 0.0730. The third-order valence-electron chi connectivity index (χ3n) is 2.85. The number of ether oxygens (including phenoxy) is 1. The predicted molar refractivity (Wildman–Crippen MR) is 78.8 cm³/mol. The first-order valence-electron chi connectivity index (χ1n) is 6.99. The highest BCUT2D eigenvalue weighted by atomic mass is 16.5. The summed E-state index contributed by atoms with van der Waals surface area (Å²) in [4.78, 5) is 16.1. The van der Waals surface area contributed by atoms with Crippen molar-refractivity contribution in [3.63, 3.8) is 0 Å². The number of hydrogen-bond donors (Lipinski definition) is 1. The minimum atomic E-state index is -0.313. The molecule has 5 nitrogen and oxygen atoms in total. The number of nitrogens with one attached hydrogen (secondary N) is 1. The van der Waals surface area contributed by atoms with E-state index in [0.717, 1.165) is 0 Å². The smallest absolute Gasteiger partial charge is 0.253 e. The van der Waals surface area contributed by atoms with Crippen molar-refractivity contribution in [1.29, 1.82) is 0 Å². The molecule has 2 aromatic rings. The van der Waals surface area contributed by atoms with Crippen molar-refractivity contribution in [3.8, 4) is 0 Å². The van der Waals surface area contributed by atoms with Crippen LogP contribution < -0.4 is 5.32 Å². The highest BCUT2D eigenvalue weighted by molar-refractivity contribution is 5.94. The van der Waals surface area contributed by atoms with E-state index in [-0.39, 0.29) is 11.9 Å². The van der Waals surface area contributed by atoms with Gasteiger partial charge in [0.2, 0.25) is 0 Å². The van der Waals surface area contributed by atoms with Crippen molar-refractivity contribution in [2.75, 3.05) is 13.2 Å². The molecule has 112 valence electrons. The van der Waals surface area contributed by atoms with Crippen molar-refractivity contribution >= 4 is 5.91 Å². The van der Waals surface area contributed by atoms with E-state index in [1.165, 1.54) is 6.20 Å². The molecule has 0 spiro atoms. The lowest BCUT2D eigenvalue weighted by atomic mass is 10.2. The molecule has 2 rings (SSSR count). The quantitative estimate of drug-likeness (QED) is 0.851. The van der Waals surface area contributed by atoms with Crippen LogP contribution >= 0.6 is 0 Å². The minimum Gasteiger partial charge on any atom is -0.467 e. The lowest BCUT2D eigenvalue weighted by Crippen LogP contribution is -2.31. The Bertz CT molecular complexity index is 538. The van der Waals surface area contributed by atoms with Crippen LogP contribution in [0, 0.1) is 5.92 Å². The van der Waals surface area contributed by atoms with Crippen molar-refractivity contribution in [2.45, 2.75) is 19.9 Å². The molecule has 0 bridgehead atoms. The number of pyridine rings is 1. The van der Waals surface area contributed by atoms with E-state index in [0.29, 0.717) is 30.5 Å². The largest absolute Gasteiger partial charge is 0.467 e. The van der Waals surface area contributed by atoms with E-state index in [2.05, 4.69) is 24.1 Å². The van der Waals surface area contributed by atoms with E-state index < -0.39 is 0 Å². The summed E-state index contributed by atoms with van der Waals surface area (Å²) in [5.74, 6) is 0.921. The topological polar surface area (TPSA) is 64.4 Å². The first kappa shape index (κ1) is 15.3. The highest BCUT2D eigenvalue weighted by Gasteiger charge is 2.18. The summed E-state index contributed by atoms with van der Waals surface area (Å²) in [5.41, 5.74) is 0.512. The molecular formula is C16H20N2O3. The van der Waals surface area contributed by atoms with Crippen LogP contribution in [0.4, 0.5) is 0 Å². The summed E-state index contributed by atoms with van der Waals surface area (Å²) >= 11 is 0. The Kier molecular flexibility index (Phi) is 5.51. The van der Waals surface area contributed by atoms with Gasteiger partial charge in [-0.25, -0.2) is 0 Å². The summed E-state index contributed by atoms with van der Waals surface area (Å²) < 4.78 is 11.0. The predicted octanol–water partition coefficient (Wildman–Crippen LogP) is 2.82. The lowest BCUT2D eigenvalue weighted by Gasteiger charge is -2.17. The maximum Gasteiger partial charge on any atom is 0.253 e. The number of aromatic nitrogens is 1.